The van der Waals surface area contributed by atoms with E-state index in [0.29, 0.717) is 36.2 Å². The summed E-state index contributed by atoms with van der Waals surface area (Å²) in [7, 11) is 0. The number of aryl methyl sites for hydroxylation is 2. The smallest absolute Gasteiger partial charge is 0.261 e. The Balaban J connectivity index is 1.38. The highest BCUT2D eigenvalue weighted by Gasteiger charge is 2.34. The number of carbonyl (C=O) groups excluding carboxylic acids is 1. The third kappa shape index (κ3) is 3.68. The minimum Gasteiger partial charge on any atom is -0.391 e. The second-order valence-electron chi connectivity index (χ2n) is 7.28. The van der Waals surface area contributed by atoms with Gasteiger partial charge >= 0.3 is 0 Å². The maximum absolute atomic E-state index is 12.6. The number of aliphatic hydroxyl groups excluding tert-OH is 1. The second-order valence-corrected chi connectivity index (χ2v) is 7.28. The van der Waals surface area contributed by atoms with Crippen molar-refractivity contribution in [2.75, 3.05) is 13.1 Å². The summed E-state index contributed by atoms with van der Waals surface area (Å²) >= 11 is 0. The predicted molar refractivity (Wildman–Crippen MR) is 102 cm³/mol. The van der Waals surface area contributed by atoms with E-state index in [2.05, 4.69) is 10.1 Å². The standard InChI is InChI=1S/C20H22N4O4/c1-13-8-15(28-22-13)9-14-10-24(11-18(14)25)19(26)6-7-23-12-21-17-5-3-2-4-16(17)20(23)27/h2-5,8,12,14,18,25H,6-7,9-11H2,1H3/t14-,18+/m1/s1. The minimum atomic E-state index is -0.598. The Morgan fingerprint density at radius 2 is 2.14 bits per heavy atom. The fourth-order valence-corrected chi connectivity index (χ4v) is 3.67. The van der Waals surface area contributed by atoms with Gasteiger partial charge in [0.05, 0.1) is 29.0 Å². The molecule has 3 heterocycles. The topological polar surface area (TPSA) is 101 Å². The first-order chi connectivity index (χ1) is 13.5. The van der Waals surface area contributed by atoms with Crippen LogP contribution in [0, 0.1) is 12.8 Å². The largest absolute Gasteiger partial charge is 0.391 e. The molecule has 1 amide bonds. The van der Waals surface area contributed by atoms with Crippen LogP contribution in [-0.2, 0) is 17.8 Å². The van der Waals surface area contributed by atoms with Gasteiger partial charge in [-0.3, -0.25) is 14.2 Å². The monoisotopic (exact) mass is 382 g/mol. The number of para-hydroxylation sites is 1. The first-order valence-corrected chi connectivity index (χ1v) is 9.33. The molecule has 1 saturated heterocycles. The molecule has 3 aromatic rings. The van der Waals surface area contributed by atoms with E-state index in [4.69, 9.17) is 4.52 Å². The van der Waals surface area contributed by atoms with E-state index < -0.39 is 6.10 Å². The van der Waals surface area contributed by atoms with Crippen molar-refractivity contribution in [2.24, 2.45) is 5.92 Å². The summed E-state index contributed by atoms with van der Waals surface area (Å²) in [6, 6.07) is 8.99. The fraction of sp³-hybridized carbons (Fsp3) is 0.400. The number of aromatic nitrogens is 3. The van der Waals surface area contributed by atoms with E-state index in [0.717, 1.165) is 5.69 Å². The SMILES string of the molecule is Cc1cc(C[C@@H]2CN(C(=O)CCn3cnc4ccccc4c3=O)C[C@@H]2O)on1. The lowest BCUT2D eigenvalue weighted by atomic mass is 10.0. The van der Waals surface area contributed by atoms with Gasteiger partial charge in [-0.25, -0.2) is 4.98 Å². The summed E-state index contributed by atoms with van der Waals surface area (Å²) in [5.41, 5.74) is 1.28. The van der Waals surface area contributed by atoms with Crippen molar-refractivity contribution in [3.8, 4) is 0 Å². The fourth-order valence-electron chi connectivity index (χ4n) is 3.67. The van der Waals surface area contributed by atoms with Crippen LogP contribution in [0.3, 0.4) is 0 Å². The van der Waals surface area contributed by atoms with Gasteiger partial charge in [0.15, 0.2) is 0 Å². The Labute approximate surface area is 161 Å². The molecule has 1 aromatic carbocycles. The highest BCUT2D eigenvalue weighted by atomic mass is 16.5. The normalized spacial score (nSPS) is 19.4. The Hall–Kier alpha value is -3.00. The van der Waals surface area contributed by atoms with Crippen LogP contribution in [0.4, 0.5) is 0 Å². The summed E-state index contributed by atoms with van der Waals surface area (Å²) in [5, 5.41) is 14.7. The number of likely N-dealkylation sites (tertiary alicyclic amines) is 1. The van der Waals surface area contributed by atoms with Crippen molar-refractivity contribution in [1.82, 2.24) is 19.6 Å². The number of benzene rings is 1. The molecule has 0 saturated carbocycles. The summed E-state index contributed by atoms with van der Waals surface area (Å²) in [4.78, 5) is 31.0. The zero-order chi connectivity index (χ0) is 19.7. The zero-order valence-electron chi connectivity index (χ0n) is 15.6. The number of nitrogens with zero attached hydrogens (tertiary/aromatic N) is 4. The summed E-state index contributed by atoms with van der Waals surface area (Å²) in [5.74, 6) is 0.543. The van der Waals surface area contributed by atoms with Gasteiger partial charge in [-0.1, -0.05) is 17.3 Å². The first-order valence-electron chi connectivity index (χ1n) is 9.33. The van der Waals surface area contributed by atoms with Crippen LogP contribution in [-0.4, -0.2) is 49.8 Å². The summed E-state index contributed by atoms with van der Waals surface area (Å²) in [6.07, 6.45) is 1.60. The molecule has 1 aliphatic heterocycles. The Kier molecular flexibility index (Phi) is 4.95. The Bertz CT molecular complexity index is 1060. The van der Waals surface area contributed by atoms with Crippen molar-refractivity contribution in [3.05, 3.63) is 58.5 Å². The van der Waals surface area contributed by atoms with Crippen molar-refractivity contribution in [2.45, 2.75) is 32.4 Å². The molecule has 0 aliphatic carbocycles. The van der Waals surface area contributed by atoms with E-state index in [1.54, 1.807) is 23.1 Å². The highest BCUT2D eigenvalue weighted by Crippen LogP contribution is 2.22. The molecule has 2 atom stereocenters. The molecular weight excluding hydrogens is 360 g/mol. The molecule has 146 valence electrons. The van der Waals surface area contributed by atoms with Crippen molar-refractivity contribution in [3.63, 3.8) is 0 Å². The van der Waals surface area contributed by atoms with Crippen LogP contribution in [0.1, 0.15) is 17.9 Å². The molecule has 0 spiro atoms. The van der Waals surface area contributed by atoms with Gasteiger partial charge in [-0.05, 0) is 19.1 Å². The molecule has 0 radical (unpaired) electrons. The minimum absolute atomic E-state index is 0.0821. The van der Waals surface area contributed by atoms with Gasteiger partial charge in [0, 0.05) is 44.5 Å². The molecule has 0 unspecified atom stereocenters. The molecular formula is C20H22N4O4. The molecule has 1 fully saturated rings. The average molecular weight is 382 g/mol. The van der Waals surface area contributed by atoms with Crippen LogP contribution in [0.15, 0.2) is 46.0 Å². The molecule has 28 heavy (non-hydrogen) atoms. The number of aliphatic hydroxyl groups is 1. The van der Waals surface area contributed by atoms with Gasteiger partial charge < -0.3 is 14.5 Å². The van der Waals surface area contributed by atoms with E-state index in [9.17, 15) is 14.7 Å². The first kappa shape index (κ1) is 18.4. The number of β-amino-alcohol motifs (C(OH)–C–C–N with tert-alkyl or cyclic N) is 1. The van der Waals surface area contributed by atoms with Gasteiger partial charge in [0.1, 0.15) is 5.76 Å². The zero-order valence-corrected chi connectivity index (χ0v) is 15.6. The average Bonchev–Trinajstić information content (AvgIpc) is 3.27. The molecule has 4 rings (SSSR count). The summed E-state index contributed by atoms with van der Waals surface area (Å²) in [6.45, 7) is 2.86. The number of fused-ring (bicyclic) bond motifs is 1. The lowest BCUT2D eigenvalue weighted by Crippen LogP contribution is -2.31. The molecule has 8 heteroatoms. The number of hydrogen-bond donors (Lipinski definition) is 1. The molecule has 2 aromatic heterocycles. The molecule has 0 bridgehead atoms. The lowest BCUT2D eigenvalue weighted by Gasteiger charge is -2.16. The van der Waals surface area contributed by atoms with Crippen LogP contribution in [0.2, 0.25) is 0 Å². The van der Waals surface area contributed by atoms with Crippen LogP contribution in [0.5, 0.6) is 0 Å². The molecule has 8 nitrogen and oxygen atoms in total. The van der Waals surface area contributed by atoms with E-state index in [-0.39, 0.29) is 30.3 Å². The maximum atomic E-state index is 12.6. The van der Waals surface area contributed by atoms with E-state index in [1.165, 1.54) is 10.9 Å². The molecule has 1 N–H and O–H groups in total. The number of amides is 1. The third-order valence-electron chi connectivity index (χ3n) is 5.20. The number of rotatable bonds is 5. The second kappa shape index (κ2) is 7.55. The summed E-state index contributed by atoms with van der Waals surface area (Å²) < 4.78 is 6.67. The number of hydrogen-bond acceptors (Lipinski definition) is 6. The van der Waals surface area contributed by atoms with Gasteiger partial charge in [-0.15, -0.1) is 0 Å². The van der Waals surface area contributed by atoms with E-state index >= 15 is 0 Å². The van der Waals surface area contributed by atoms with Crippen LogP contribution in [0.25, 0.3) is 10.9 Å². The lowest BCUT2D eigenvalue weighted by molar-refractivity contribution is -0.130. The van der Waals surface area contributed by atoms with Crippen molar-refractivity contribution in [1.29, 1.82) is 0 Å². The highest BCUT2D eigenvalue weighted by molar-refractivity contribution is 5.77. The quantitative estimate of drug-likeness (QED) is 0.710. The van der Waals surface area contributed by atoms with Gasteiger partial charge in [-0.2, -0.15) is 0 Å². The van der Waals surface area contributed by atoms with Crippen LogP contribution < -0.4 is 5.56 Å². The van der Waals surface area contributed by atoms with E-state index in [1.807, 2.05) is 19.1 Å². The van der Waals surface area contributed by atoms with Crippen molar-refractivity contribution >= 4 is 16.8 Å². The Morgan fingerprint density at radius 1 is 1.32 bits per heavy atom. The number of carbonyl (C=O) groups is 1. The predicted octanol–water partition coefficient (Wildman–Crippen LogP) is 1.15. The van der Waals surface area contributed by atoms with Gasteiger partial charge in [0.2, 0.25) is 5.91 Å². The Morgan fingerprint density at radius 3 is 2.93 bits per heavy atom. The van der Waals surface area contributed by atoms with Crippen LogP contribution >= 0.6 is 0 Å². The van der Waals surface area contributed by atoms with Crippen molar-refractivity contribution < 1.29 is 14.4 Å². The molecule has 1 aliphatic rings. The van der Waals surface area contributed by atoms with Gasteiger partial charge in [0.25, 0.3) is 5.56 Å². The third-order valence-corrected chi connectivity index (χ3v) is 5.20. The maximum Gasteiger partial charge on any atom is 0.261 e.